The second kappa shape index (κ2) is 5.81. The second-order valence-corrected chi connectivity index (χ2v) is 8.11. The fraction of sp³-hybridized carbons (Fsp3) is 0.375. The van der Waals surface area contributed by atoms with Crippen LogP contribution in [0.2, 0.25) is 0 Å². The Kier molecular flexibility index (Phi) is 3.97. The van der Waals surface area contributed by atoms with Crippen LogP contribution in [-0.4, -0.2) is 53.6 Å². The molecule has 0 aliphatic carbocycles. The number of aryl methyl sites for hydroxylation is 1. The van der Waals surface area contributed by atoms with Gasteiger partial charge >= 0.3 is 0 Å². The molecule has 23 heavy (non-hydrogen) atoms. The van der Waals surface area contributed by atoms with E-state index < -0.39 is 9.84 Å². The Balaban J connectivity index is 1.84. The number of benzene rings is 1. The highest BCUT2D eigenvalue weighted by Crippen LogP contribution is 2.22. The highest BCUT2D eigenvalue weighted by atomic mass is 32.2. The summed E-state index contributed by atoms with van der Waals surface area (Å²) in [7, 11) is 0.413. The number of carbonyl (C=O) groups excluding carboxylic acids is 1. The predicted molar refractivity (Wildman–Crippen MR) is 87.8 cm³/mol. The van der Waals surface area contributed by atoms with E-state index in [1.165, 1.54) is 4.90 Å². The third kappa shape index (κ3) is 3.14. The van der Waals surface area contributed by atoms with E-state index in [2.05, 4.69) is 5.10 Å². The molecule has 7 heteroatoms. The van der Waals surface area contributed by atoms with Gasteiger partial charge < -0.3 is 4.90 Å². The molecule has 1 aromatic carbocycles. The molecule has 0 radical (unpaired) electrons. The average Bonchev–Trinajstić information content (AvgIpc) is 3.09. The maximum absolute atomic E-state index is 12.6. The summed E-state index contributed by atoms with van der Waals surface area (Å²) in [6, 6.07) is 11.2. The predicted octanol–water partition coefficient (Wildman–Crippen LogP) is 1.35. The summed E-state index contributed by atoms with van der Waals surface area (Å²) in [5, 5.41) is 4.29. The Morgan fingerprint density at radius 3 is 2.61 bits per heavy atom. The Hall–Kier alpha value is -2.15. The van der Waals surface area contributed by atoms with Crippen molar-refractivity contribution in [3.8, 4) is 11.3 Å². The summed E-state index contributed by atoms with van der Waals surface area (Å²) in [6.07, 6.45) is 0.489. The number of hydrogen-bond donors (Lipinski definition) is 0. The van der Waals surface area contributed by atoms with Crippen molar-refractivity contribution in [3.63, 3.8) is 0 Å². The van der Waals surface area contributed by atoms with Crippen LogP contribution in [0, 0.1) is 0 Å². The zero-order valence-corrected chi connectivity index (χ0v) is 14.0. The molecule has 1 amide bonds. The standard InChI is InChI=1S/C16H19N3O3S/c1-18(13-8-9-23(21,22)11-13)16(20)14-10-15(19(2)17-14)12-6-4-3-5-7-12/h3-7,10,13H,8-9,11H2,1-2H3. The quantitative estimate of drug-likeness (QED) is 0.850. The van der Waals surface area contributed by atoms with Gasteiger partial charge in [-0.15, -0.1) is 0 Å². The maximum Gasteiger partial charge on any atom is 0.274 e. The molecule has 122 valence electrons. The highest BCUT2D eigenvalue weighted by molar-refractivity contribution is 7.91. The van der Waals surface area contributed by atoms with Crippen molar-refractivity contribution < 1.29 is 13.2 Å². The first kappa shape index (κ1) is 15.7. The molecule has 0 saturated carbocycles. The molecular weight excluding hydrogens is 314 g/mol. The fourth-order valence-corrected chi connectivity index (χ4v) is 4.65. The smallest absolute Gasteiger partial charge is 0.274 e. The Bertz CT molecular complexity index is 828. The summed E-state index contributed by atoms with van der Waals surface area (Å²) in [5.74, 6) is -0.0645. The molecule has 1 saturated heterocycles. The summed E-state index contributed by atoms with van der Waals surface area (Å²) in [5.41, 5.74) is 2.16. The van der Waals surface area contributed by atoms with E-state index >= 15 is 0 Å². The summed E-state index contributed by atoms with van der Waals surface area (Å²) in [4.78, 5) is 14.1. The number of sulfone groups is 1. The number of hydrogen-bond acceptors (Lipinski definition) is 4. The lowest BCUT2D eigenvalue weighted by molar-refractivity contribution is 0.0741. The SMILES string of the molecule is CN(C(=O)c1cc(-c2ccccc2)n(C)n1)C1CCS(=O)(=O)C1. The fourth-order valence-electron chi connectivity index (χ4n) is 2.88. The summed E-state index contributed by atoms with van der Waals surface area (Å²) >= 11 is 0. The molecule has 2 aromatic rings. The average molecular weight is 333 g/mol. The molecule has 0 N–H and O–H groups in total. The van der Waals surface area contributed by atoms with Crippen molar-refractivity contribution in [2.45, 2.75) is 12.5 Å². The minimum atomic E-state index is -3.02. The van der Waals surface area contributed by atoms with Gasteiger partial charge in [-0.05, 0) is 18.1 Å². The van der Waals surface area contributed by atoms with Crippen LogP contribution in [0.5, 0.6) is 0 Å². The van der Waals surface area contributed by atoms with E-state index in [1.54, 1.807) is 24.8 Å². The number of carbonyl (C=O) groups is 1. The van der Waals surface area contributed by atoms with E-state index in [0.29, 0.717) is 12.1 Å². The molecule has 2 heterocycles. The number of amides is 1. The van der Waals surface area contributed by atoms with E-state index in [9.17, 15) is 13.2 Å². The van der Waals surface area contributed by atoms with Crippen molar-refractivity contribution in [3.05, 3.63) is 42.1 Å². The zero-order valence-electron chi connectivity index (χ0n) is 13.1. The lowest BCUT2D eigenvalue weighted by Gasteiger charge is -2.22. The molecule has 6 nitrogen and oxygen atoms in total. The van der Waals surface area contributed by atoms with Gasteiger partial charge in [0, 0.05) is 20.1 Å². The van der Waals surface area contributed by atoms with E-state index in [-0.39, 0.29) is 23.5 Å². The van der Waals surface area contributed by atoms with Crippen molar-refractivity contribution in [1.82, 2.24) is 14.7 Å². The molecule has 1 fully saturated rings. The van der Waals surface area contributed by atoms with Gasteiger partial charge in [-0.2, -0.15) is 5.10 Å². The first-order valence-corrected chi connectivity index (χ1v) is 9.26. The Labute approximate surface area is 135 Å². The second-order valence-electron chi connectivity index (χ2n) is 5.88. The van der Waals surface area contributed by atoms with Gasteiger partial charge in [0.1, 0.15) is 0 Å². The van der Waals surface area contributed by atoms with Crippen LogP contribution in [0.15, 0.2) is 36.4 Å². The molecule has 1 aromatic heterocycles. The topological polar surface area (TPSA) is 72.3 Å². The molecule has 0 bridgehead atoms. The van der Waals surface area contributed by atoms with Gasteiger partial charge in [0.25, 0.3) is 5.91 Å². The van der Waals surface area contributed by atoms with Gasteiger partial charge in [-0.1, -0.05) is 30.3 Å². The first-order valence-electron chi connectivity index (χ1n) is 7.44. The number of nitrogens with zero attached hydrogens (tertiary/aromatic N) is 3. The van der Waals surface area contributed by atoms with Gasteiger partial charge in [0.2, 0.25) is 0 Å². The van der Waals surface area contributed by atoms with Crippen LogP contribution < -0.4 is 0 Å². The van der Waals surface area contributed by atoms with Crippen molar-refractivity contribution >= 4 is 15.7 Å². The summed E-state index contributed by atoms with van der Waals surface area (Å²) < 4.78 is 24.8. The molecule has 0 spiro atoms. The number of aromatic nitrogens is 2. The van der Waals surface area contributed by atoms with Crippen LogP contribution in [0.1, 0.15) is 16.9 Å². The van der Waals surface area contributed by atoms with Crippen LogP contribution >= 0.6 is 0 Å². The lowest BCUT2D eigenvalue weighted by atomic mass is 10.1. The van der Waals surface area contributed by atoms with Gasteiger partial charge in [0.15, 0.2) is 15.5 Å². The third-order valence-electron chi connectivity index (χ3n) is 4.24. The van der Waals surface area contributed by atoms with Crippen molar-refractivity contribution in [2.75, 3.05) is 18.6 Å². The molecule has 1 atom stereocenters. The van der Waals surface area contributed by atoms with Crippen LogP contribution in [0.4, 0.5) is 0 Å². The largest absolute Gasteiger partial charge is 0.336 e. The van der Waals surface area contributed by atoms with E-state index in [0.717, 1.165) is 11.3 Å². The minimum absolute atomic E-state index is 0.0353. The Morgan fingerprint density at radius 1 is 1.30 bits per heavy atom. The van der Waals surface area contributed by atoms with Gasteiger partial charge in [-0.25, -0.2) is 8.42 Å². The highest BCUT2D eigenvalue weighted by Gasteiger charge is 2.33. The van der Waals surface area contributed by atoms with Gasteiger partial charge in [0.05, 0.1) is 17.2 Å². The summed E-state index contributed by atoms with van der Waals surface area (Å²) in [6.45, 7) is 0. The molecule has 1 aliphatic heterocycles. The van der Waals surface area contributed by atoms with Crippen LogP contribution in [-0.2, 0) is 16.9 Å². The van der Waals surface area contributed by atoms with Crippen LogP contribution in [0.3, 0.4) is 0 Å². The third-order valence-corrected chi connectivity index (χ3v) is 6.00. The van der Waals surface area contributed by atoms with E-state index in [4.69, 9.17) is 0 Å². The van der Waals surface area contributed by atoms with E-state index in [1.807, 2.05) is 30.3 Å². The van der Waals surface area contributed by atoms with Gasteiger partial charge in [-0.3, -0.25) is 9.48 Å². The maximum atomic E-state index is 12.6. The van der Waals surface area contributed by atoms with Crippen molar-refractivity contribution in [2.24, 2.45) is 7.05 Å². The normalized spacial score (nSPS) is 19.7. The molecule has 3 rings (SSSR count). The Morgan fingerprint density at radius 2 is 2.00 bits per heavy atom. The molecule has 1 aliphatic rings. The lowest BCUT2D eigenvalue weighted by Crippen LogP contribution is -2.38. The first-order chi connectivity index (χ1) is 10.9. The molecular formula is C16H19N3O3S. The van der Waals surface area contributed by atoms with Crippen molar-refractivity contribution in [1.29, 1.82) is 0 Å². The molecule has 1 unspecified atom stereocenters. The van der Waals surface area contributed by atoms with Crippen LogP contribution in [0.25, 0.3) is 11.3 Å². The minimum Gasteiger partial charge on any atom is -0.336 e. The zero-order chi connectivity index (χ0) is 16.6. The monoisotopic (exact) mass is 333 g/mol. The number of rotatable bonds is 3.